The zero-order chi connectivity index (χ0) is 20.7. The van der Waals surface area contributed by atoms with Gasteiger partial charge in [-0.2, -0.15) is 0 Å². The summed E-state index contributed by atoms with van der Waals surface area (Å²) in [5.74, 6) is -0.473. The SMILES string of the molecule is O=C1C(=O)N(C2CCCCC2)C(c2cccnc2)/C1=C(/O)c1ccc2c(c1)CCO2. The standard InChI is InChI=1S/C24H24N2O4/c27-22(16-8-9-19-15(13-16)10-12-30-19)20-21(17-5-4-11-25-14-17)26(24(29)23(20)28)18-6-2-1-3-7-18/h4-5,8-9,11,13-14,18,21,27H,1-3,6-7,10,12H2/b22-20-. The summed E-state index contributed by atoms with van der Waals surface area (Å²) in [7, 11) is 0. The summed E-state index contributed by atoms with van der Waals surface area (Å²) in [6, 6.07) is 8.45. The van der Waals surface area contributed by atoms with Crippen molar-refractivity contribution >= 4 is 17.4 Å². The van der Waals surface area contributed by atoms with E-state index in [4.69, 9.17) is 4.74 Å². The van der Waals surface area contributed by atoms with Crippen molar-refractivity contribution in [1.82, 2.24) is 9.88 Å². The molecule has 3 aliphatic rings. The van der Waals surface area contributed by atoms with Gasteiger partial charge in [0.15, 0.2) is 0 Å². The van der Waals surface area contributed by atoms with E-state index >= 15 is 0 Å². The predicted molar refractivity (Wildman–Crippen MR) is 111 cm³/mol. The molecule has 2 aliphatic heterocycles. The first-order chi connectivity index (χ1) is 14.6. The molecular weight excluding hydrogens is 380 g/mol. The van der Waals surface area contributed by atoms with Crippen molar-refractivity contribution in [3.05, 3.63) is 65.0 Å². The van der Waals surface area contributed by atoms with E-state index in [-0.39, 0.29) is 17.4 Å². The molecule has 1 atom stereocenters. The van der Waals surface area contributed by atoms with E-state index in [1.165, 1.54) is 0 Å². The Bertz CT molecular complexity index is 1020. The number of hydrogen-bond acceptors (Lipinski definition) is 5. The van der Waals surface area contributed by atoms with Gasteiger partial charge < -0.3 is 14.7 Å². The van der Waals surface area contributed by atoms with E-state index in [2.05, 4.69) is 4.98 Å². The van der Waals surface area contributed by atoms with Gasteiger partial charge in [0, 0.05) is 30.4 Å². The molecule has 6 nitrogen and oxygen atoms in total. The predicted octanol–water partition coefficient (Wildman–Crippen LogP) is 3.77. The third-order valence-electron chi connectivity index (χ3n) is 6.41. The molecule has 1 amide bonds. The summed E-state index contributed by atoms with van der Waals surface area (Å²) >= 11 is 0. The van der Waals surface area contributed by atoms with Crippen LogP contribution in [0.2, 0.25) is 0 Å². The number of aliphatic hydroxyl groups excluding tert-OH is 1. The summed E-state index contributed by atoms with van der Waals surface area (Å²) in [6.07, 6.45) is 9.08. The zero-order valence-electron chi connectivity index (χ0n) is 16.7. The zero-order valence-corrected chi connectivity index (χ0v) is 16.7. The van der Waals surface area contributed by atoms with Crippen LogP contribution in [0, 0.1) is 0 Å². The van der Waals surface area contributed by atoms with Gasteiger partial charge in [-0.05, 0) is 48.2 Å². The number of likely N-dealkylation sites (tertiary alicyclic amines) is 1. The molecule has 0 spiro atoms. The number of pyridine rings is 1. The van der Waals surface area contributed by atoms with Gasteiger partial charge in [0.25, 0.3) is 11.7 Å². The van der Waals surface area contributed by atoms with Crippen LogP contribution in [0.4, 0.5) is 0 Å². The van der Waals surface area contributed by atoms with Crippen LogP contribution in [0.5, 0.6) is 5.75 Å². The minimum absolute atomic E-state index is 0.000809. The lowest BCUT2D eigenvalue weighted by molar-refractivity contribution is -0.141. The van der Waals surface area contributed by atoms with Crippen LogP contribution in [0.15, 0.2) is 48.3 Å². The van der Waals surface area contributed by atoms with Gasteiger partial charge in [-0.15, -0.1) is 0 Å². The molecular formula is C24H24N2O4. The molecule has 1 unspecified atom stereocenters. The number of benzene rings is 1. The number of nitrogens with zero attached hydrogens (tertiary/aromatic N) is 2. The lowest BCUT2D eigenvalue weighted by Gasteiger charge is -2.35. The van der Waals surface area contributed by atoms with E-state index in [1.54, 1.807) is 29.4 Å². The maximum Gasteiger partial charge on any atom is 0.295 e. The Morgan fingerprint density at radius 2 is 1.97 bits per heavy atom. The fourth-order valence-electron chi connectivity index (χ4n) is 4.94. The van der Waals surface area contributed by atoms with Crippen LogP contribution in [0.25, 0.3) is 5.76 Å². The van der Waals surface area contributed by atoms with Crippen LogP contribution in [0.3, 0.4) is 0 Å². The number of carbonyl (C=O) groups is 2. The van der Waals surface area contributed by atoms with Gasteiger partial charge >= 0.3 is 0 Å². The summed E-state index contributed by atoms with van der Waals surface area (Å²) in [5, 5.41) is 11.2. The number of fused-ring (bicyclic) bond motifs is 1. The number of aliphatic hydroxyl groups is 1. The lowest BCUT2D eigenvalue weighted by atomic mass is 9.91. The molecule has 5 rings (SSSR count). The topological polar surface area (TPSA) is 79.7 Å². The average Bonchev–Trinajstić information content (AvgIpc) is 3.36. The summed E-state index contributed by atoms with van der Waals surface area (Å²) < 4.78 is 5.55. The second-order valence-electron chi connectivity index (χ2n) is 8.21. The molecule has 154 valence electrons. The molecule has 1 aliphatic carbocycles. The number of aromatic nitrogens is 1. The van der Waals surface area contributed by atoms with Crippen molar-refractivity contribution in [2.45, 2.75) is 50.6 Å². The van der Waals surface area contributed by atoms with Crippen LogP contribution in [-0.2, 0) is 16.0 Å². The average molecular weight is 404 g/mol. The third kappa shape index (κ3) is 3.07. The summed E-state index contributed by atoms with van der Waals surface area (Å²) in [5.41, 5.74) is 2.43. The highest BCUT2D eigenvalue weighted by Crippen LogP contribution is 2.43. The Morgan fingerprint density at radius 3 is 2.73 bits per heavy atom. The minimum atomic E-state index is -0.622. The van der Waals surface area contributed by atoms with Gasteiger partial charge in [0.1, 0.15) is 11.5 Å². The van der Waals surface area contributed by atoms with Crippen LogP contribution >= 0.6 is 0 Å². The Labute approximate surface area is 175 Å². The number of ether oxygens (including phenoxy) is 1. The maximum atomic E-state index is 13.1. The highest BCUT2D eigenvalue weighted by Gasteiger charge is 2.49. The lowest BCUT2D eigenvalue weighted by Crippen LogP contribution is -2.40. The van der Waals surface area contributed by atoms with Crippen LogP contribution in [-0.4, -0.2) is 39.3 Å². The Kier molecular flexibility index (Phi) is 4.77. The number of Topliss-reactive ketones (excluding diaryl/α,β-unsaturated/α-hetero) is 1. The highest BCUT2D eigenvalue weighted by molar-refractivity contribution is 6.46. The first-order valence-electron chi connectivity index (χ1n) is 10.6. The second kappa shape index (κ2) is 7.59. The van der Waals surface area contributed by atoms with E-state index < -0.39 is 17.7 Å². The molecule has 0 bridgehead atoms. The highest BCUT2D eigenvalue weighted by atomic mass is 16.5. The molecule has 1 N–H and O–H groups in total. The van der Waals surface area contributed by atoms with Crippen LogP contribution < -0.4 is 4.74 Å². The fraction of sp³-hybridized carbons (Fsp3) is 0.375. The molecule has 2 aromatic rings. The molecule has 0 radical (unpaired) electrons. The van der Waals surface area contributed by atoms with Crippen molar-refractivity contribution in [2.75, 3.05) is 6.61 Å². The Balaban J connectivity index is 1.64. The fourth-order valence-corrected chi connectivity index (χ4v) is 4.94. The van der Waals surface area contributed by atoms with Gasteiger partial charge in [-0.3, -0.25) is 14.6 Å². The number of amides is 1. The number of carbonyl (C=O) groups excluding carboxylic acids is 2. The molecule has 1 aromatic heterocycles. The molecule has 30 heavy (non-hydrogen) atoms. The van der Waals surface area contributed by atoms with Crippen molar-refractivity contribution in [3.63, 3.8) is 0 Å². The number of rotatable bonds is 3. The largest absolute Gasteiger partial charge is 0.507 e. The first kappa shape index (κ1) is 18.9. The van der Waals surface area contributed by atoms with Gasteiger partial charge in [0.05, 0.1) is 18.2 Å². The van der Waals surface area contributed by atoms with Gasteiger partial charge in [-0.1, -0.05) is 25.3 Å². The van der Waals surface area contributed by atoms with E-state index in [0.29, 0.717) is 12.2 Å². The molecule has 1 saturated carbocycles. The molecule has 1 aromatic carbocycles. The quantitative estimate of drug-likeness (QED) is 0.479. The number of hydrogen-bond donors (Lipinski definition) is 1. The summed E-state index contributed by atoms with van der Waals surface area (Å²) in [4.78, 5) is 32.1. The van der Waals surface area contributed by atoms with Crippen molar-refractivity contribution in [3.8, 4) is 5.75 Å². The van der Waals surface area contributed by atoms with Crippen LogP contribution in [0.1, 0.15) is 54.8 Å². The van der Waals surface area contributed by atoms with Crippen molar-refractivity contribution in [1.29, 1.82) is 0 Å². The molecule has 3 heterocycles. The van der Waals surface area contributed by atoms with Crippen molar-refractivity contribution < 1.29 is 19.4 Å². The minimum Gasteiger partial charge on any atom is -0.507 e. The number of ketones is 1. The molecule has 1 saturated heterocycles. The third-order valence-corrected chi connectivity index (χ3v) is 6.41. The van der Waals surface area contributed by atoms with Crippen molar-refractivity contribution in [2.24, 2.45) is 0 Å². The molecule has 6 heteroatoms. The summed E-state index contributed by atoms with van der Waals surface area (Å²) in [6.45, 7) is 0.612. The van der Waals surface area contributed by atoms with Gasteiger partial charge in [-0.25, -0.2) is 0 Å². The maximum absolute atomic E-state index is 13.1. The second-order valence-corrected chi connectivity index (χ2v) is 8.21. The van der Waals surface area contributed by atoms with Gasteiger partial charge in [0.2, 0.25) is 0 Å². The Morgan fingerprint density at radius 1 is 1.13 bits per heavy atom. The van der Waals surface area contributed by atoms with E-state index in [9.17, 15) is 14.7 Å². The molecule has 2 fully saturated rings. The van der Waals surface area contributed by atoms with E-state index in [1.807, 2.05) is 18.2 Å². The normalized spacial score (nSPS) is 23.5. The Hall–Kier alpha value is -3.15. The first-order valence-corrected chi connectivity index (χ1v) is 10.6. The monoisotopic (exact) mass is 404 g/mol. The smallest absolute Gasteiger partial charge is 0.295 e. The van der Waals surface area contributed by atoms with E-state index in [0.717, 1.165) is 55.4 Å².